The topological polar surface area (TPSA) is 112 Å². The second kappa shape index (κ2) is 5.15. The van der Waals surface area contributed by atoms with E-state index in [0.717, 1.165) is 0 Å². The van der Waals surface area contributed by atoms with Gasteiger partial charge in [0.05, 0.1) is 12.1 Å². The Bertz CT molecular complexity index is 574. The minimum atomic E-state index is -3.83. The molecule has 98 valence electrons. The van der Waals surface area contributed by atoms with E-state index < -0.39 is 19.9 Å². The van der Waals surface area contributed by atoms with Crippen LogP contribution in [0.5, 0.6) is 0 Å². The molecule has 0 spiro atoms. The lowest BCUT2D eigenvalue weighted by Crippen LogP contribution is -2.15. The van der Waals surface area contributed by atoms with Gasteiger partial charge in [0.25, 0.3) is 10.0 Å². The maximum Gasteiger partial charge on any atom is 0.257 e. The van der Waals surface area contributed by atoms with Crippen molar-refractivity contribution in [3.8, 4) is 0 Å². The molecule has 0 aliphatic rings. The lowest BCUT2D eigenvalue weighted by Gasteiger charge is -2.02. The Morgan fingerprint density at radius 3 is 2.41 bits per heavy atom. The number of nitrogens with two attached hydrogens (primary N) is 1. The molecular formula is C8H15N3O4S2. The molecule has 0 aromatic carbocycles. The van der Waals surface area contributed by atoms with Gasteiger partial charge in [0.2, 0.25) is 0 Å². The van der Waals surface area contributed by atoms with Gasteiger partial charge in [0.15, 0.2) is 14.9 Å². The third-order valence-corrected chi connectivity index (χ3v) is 4.71. The van der Waals surface area contributed by atoms with Gasteiger partial charge in [0, 0.05) is 18.5 Å². The standard InChI is InChI=1S/C8H15N3O4S2/c1-2-4-16(12,13)5-3-11-6-8(10-7-11)17(9,14)15/h6-7H,2-5H2,1H3,(H2,9,14,15). The third-order valence-electron chi connectivity index (χ3n) is 2.08. The Hall–Kier alpha value is -0.930. The van der Waals surface area contributed by atoms with Crippen LogP contribution in [0.1, 0.15) is 13.3 Å². The number of hydrogen-bond donors (Lipinski definition) is 1. The summed E-state index contributed by atoms with van der Waals surface area (Å²) in [5, 5.41) is 4.62. The number of aromatic nitrogens is 2. The van der Waals surface area contributed by atoms with E-state index in [9.17, 15) is 16.8 Å². The highest BCUT2D eigenvalue weighted by Crippen LogP contribution is 2.03. The van der Waals surface area contributed by atoms with Crippen LogP contribution in [-0.2, 0) is 26.4 Å². The van der Waals surface area contributed by atoms with Crippen molar-refractivity contribution in [2.75, 3.05) is 11.5 Å². The fraction of sp³-hybridized carbons (Fsp3) is 0.625. The summed E-state index contributed by atoms with van der Waals surface area (Å²) in [6.45, 7) is 1.96. The summed E-state index contributed by atoms with van der Waals surface area (Å²) in [7, 11) is -6.91. The van der Waals surface area contributed by atoms with Gasteiger partial charge >= 0.3 is 0 Å². The van der Waals surface area contributed by atoms with Crippen molar-refractivity contribution >= 4 is 19.9 Å². The van der Waals surface area contributed by atoms with E-state index in [4.69, 9.17) is 5.14 Å². The zero-order valence-electron chi connectivity index (χ0n) is 9.40. The van der Waals surface area contributed by atoms with Crippen molar-refractivity contribution in [3.63, 3.8) is 0 Å². The van der Waals surface area contributed by atoms with E-state index in [2.05, 4.69) is 4.98 Å². The van der Waals surface area contributed by atoms with E-state index in [0.29, 0.717) is 6.42 Å². The first-order valence-corrected chi connectivity index (χ1v) is 8.36. The van der Waals surface area contributed by atoms with Gasteiger partial charge in [-0.3, -0.25) is 0 Å². The average molecular weight is 281 g/mol. The quantitative estimate of drug-likeness (QED) is 0.745. The molecule has 1 heterocycles. The number of imidazole rings is 1. The van der Waals surface area contributed by atoms with E-state index in [1.54, 1.807) is 6.92 Å². The SMILES string of the molecule is CCCS(=O)(=O)CCn1cnc(S(N)(=O)=O)c1. The Morgan fingerprint density at radius 2 is 1.94 bits per heavy atom. The lowest BCUT2D eigenvalue weighted by atomic mass is 10.6. The molecule has 0 aliphatic carbocycles. The molecule has 0 amide bonds. The first-order chi connectivity index (χ1) is 7.74. The van der Waals surface area contributed by atoms with E-state index >= 15 is 0 Å². The monoisotopic (exact) mass is 281 g/mol. The maximum absolute atomic E-state index is 11.4. The van der Waals surface area contributed by atoms with Gasteiger partial charge in [-0.15, -0.1) is 0 Å². The highest BCUT2D eigenvalue weighted by Gasteiger charge is 2.13. The van der Waals surface area contributed by atoms with Crippen LogP contribution in [-0.4, -0.2) is 37.9 Å². The van der Waals surface area contributed by atoms with Gasteiger partial charge < -0.3 is 4.57 Å². The Labute approximate surface area is 101 Å². The first kappa shape index (κ1) is 14.1. The molecule has 0 aliphatic heterocycles. The molecular weight excluding hydrogens is 266 g/mol. The summed E-state index contributed by atoms with van der Waals surface area (Å²) in [6.07, 6.45) is 3.03. The van der Waals surface area contributed by atoms with Crippen LogP contribution < -0.4 is 5.14 Å². The number of hydrogen-bond acceptors (Lipinski definition) is 5. The van der Waals surface area contributed by atoms with Crippen molar-refractivity contribution in [2.24, 2.45) is 5.14 Å². The number of rotatable bonds is 6. The van der Waals surface area contributed by atoms with Crippen LogP contribution >= 0.6 is 0 Å². The van der Waals surface area contributed by atoms with Crippen LogP contribution in [0.15, 0.2) is 17.6 Å². The molecule has 1 rings (SSSR count). The average Bonchev–Trinajstić information content (AvgIpc) is 2.62. The molecule has 1 aromatic rings. The summed E-state index contributed by atoms with van der Waals surface area (Å²) in [5.74, 6) is 0.0883. The predicted molar refractivity (Wildman–Crippen MR) is 62.5 cm³/mol. The van der Waals surface area contributed by atoms with Crippen LogP contribution in [0.4, 0.5) is 0 Å². The van der Waals surface area contributed by atoms with Crippen LogP contribution in [0, 0.1) is 0 Å². The lowest BCUT2D eigenvalue weighted by molar-refractivity contribution is 0.587. The summed E-state index contributed by atoms with van der Waals surface area (Å²) < 4.78 is 46.1. The number of sulfonamides is 1. The molecule has 0 atom stereocenters. The molecule has 0 unspecified atom stereocenters. The number of primary sulfonamides is 1. The largest absolute Gasteiger partial charge is 0.335 e. The molecule has 0 saturated carbocycles. The van der Waals surface area contributed by atoms with E-state index in [-0.39, 0.29) is 23.1 Å². The van der Waals surface area contributed by atoms with Crippen molar-refractivity contribution < 1.29 is 16.8 Å². The van der Waals surface area contributed by atoms with Gasteiger partial charge in [0.1, 0.15) is 0 Å². The minimum Gasteiger partial charge on any atom is -0.335 e. The summed E-state index contributed by atoms with van der Waals surface area (Å²) in [6, 6.07) is 0. The van der Waals surface area contributed by atoms with Gasteiger partial charge in [-0.1, -0.05) is 6.92 Å². The molecule has 0 saturated heterocycles. The highest BCUT2D eigenvalue weighted by atomic mass is 32.2. The Kier molecular flexibility index (Phi) is 4.28. The van der Waals surface area contributed by atoms with Crippen molar-refractivity contribution in [1.29, 1.82) is 0 Å². The molecule has 1 aromatic heterocycles. The summed E-state index contributed by atoms with van der Waals surface area (Å²) >= 11 is 0. The predicted octanol–water partition coefficient (Wildman–Crippen LogP) is -0.645. The first-order valence-electron chi connectivity index (χ1n) is 4.99. The Balaban J connectivity index is 2.69. The van der Waals surface area contributed by atoms with E-state index in [1.165, 1.54) is 17.1 Å². The van der Waals surface area contributed by atoms with Gasteiger partial charge in [-0.25, -0.2) is 27.0 Å². The Morgan fingerprint density at radius 1 is 1.29 bits per heavy atom. The fourth-order valence-electron chi connectivity index (χ4n) is 1.27. The maximum atomic E-state index is 11.4. The van der Waals surface area contributed by atoms with Crippen LogP contribution in [0.3, 0.4) is 0 Å². The molecule has 2 N–H and O–H groups in total. The number of nitrogens with zero attached hydrogens (tertiary/aromatic N) is 2. The zero-order chi connectivity index (χ0) is 13.1. The van der Waals surface area contributed by atoms with Crippen LogP contribution in [0.25, 0.3) is 0 Å². The van der Waals surface area contributed by atoms with Crippen molar-refractivity contribution in [3.05, 3.63) is 12.5 Å². The molecule has 0 radical (unpaired) electrons. The second-order valence-corrected chi connectivity index (χ2v) is 7.46. The zero-order valence-corrected chi connectivity index (χ0v) is 11.0. The van der Waals surface area contributed by atoms with Crippen molar-refractivity contribution in [2.45, 2.75) is 24.9 Å². The second-order valence-electron chi connectivity index (χ2n) is 3.65. The highest BCUT2D eigenvalue weighted by molar-refractivity contribution is 7.91. The summed E-state index contributed by atoms with van der Waals surface area (Å²) in [5.41, 5.74) is 0. The molecule has 17 heavy (non-hydrogen) atoms. The molecule has 9 heteroatoms. The van der Waals surface area contributed by atoms with Gasteiger partial charge in [-0.05, 0) is 6.42 Å². The fourth-order valence-corrected chi connectivity index (χ4v) is 3.06. The third kappa shape index (κ3) is 4.44. The van der Waals surface area contributed by atoms with Gasteiger partial charge in [-0.2, -0.15) is 0 Å². The number of sulfone groups is 1. The smallest absolute Gasteiger partial charge is 0.257 e. The normalized spacial score (nSPS) is 12.8. The summed E-state index contributed by atoms with van der Waals surface area (Å²) in [4.78, 5) is 3.59. The van der Waals surface area contributed by atoms with Crippen molar-refractivity contribution in [1.82, 2.24) is 9.55 Å². The minimum absolute atomic E-state index is 0.0404. The molecule has 0 fully saturated rings. The molecule has 0 bridgehead atoms. The number of aryl methyl sites for hydroxylation is 1. The van der Waals surface area contributed by atoms with E-state index in [1.807, 2.05) is 0 Å². The van der Waals surface area contributed by atoms with Crippen LogP contribution in [0.2, 0.25) is 0 Å². The molecule has 7 nitrogen and oxygen atoms in total.